The topological polar surface area (TPSA) is 64.4 Å². The third-order valence-electron chi connectivity index (χ3n) is 3.54. The number of hydrogen-bond donors (Lipinski definition) is 2. The van der Waals surface area contributed by atoms with E-state index < -0.39 is 0 Å². The van der Waals surface area contributed by atoms with Gasteiger partial charge in [0, 0.05) is 12.1 Å². The molecule has 0 heterocycles. The summed E-state index contributed by atoms with van der Waals surface area (Å²) < 4.78 is 5.73. The Balaban J connectivity index is 1.82. The Kier molecular flexibility index (Phi) is 6.26. The van der Waals surface area contributed by atoms with Crippen molar-refractivity contribution in [2.24, 2.45) is 5.73 Å². The van der Waals surface area contributed by atoms with Crippen LogP contribution in [0.15, 0.2) is 24.3 Å². The summed E-state index contributed by atoms with van der Waals surface area (Å²) in [5, 5.41) is 2.88. The van der Waals surface area contributed by atoms with Crippen molar-refractivity contribution in [3.05, 3.63) is 35.4 Å². The van der Waals surface area contributed by atoms with Crippen molar-refractivity contribution in [2.45, 2.75) is 31.8 Å². The van der Waals surface area contributed by atoms with Crippen molar-refractivity contribution >= 4 is 5.91 Å². The van der Waals surface area contributed by atoms with Gasteiger partial charge in [-0.2, -0.15) is 0 Å². The summed E-state index contributed by atoms with van der Waals surface area (Å²) in [5.41, 5.74) is 6.66. The molecule has 1 aliphatic rings. The molecule has 112 valence electrons. The predicted molar refractivity (Wildman–Crippen MR) is 82.9 cm³/mol. The fourth-order valence-electron chi connectivity index (χ4n) is 2.48. The van der Waals surface area contributed by atoms with Gasteiger partial charge in [0.05, 0.1) is 24.8 Å². The smallest absolute Gasteiger partial charge is 0.252 e. The third kappa shape index (κ3) is 4.89. The molecule has 1 amide bonds. The van der Waals surface area contributed by atoms with Gasteiger partial charge in [-0.3, -0.25) is 4.79 Å². The van der Waals surface area contributed by atoms with Crippen LogP contribution in [0.2, 0.25) is 0 Å². The number of amides is 1. The van der Waals surface area contributed by atoms with Crippen molar-refractivity contribution in [2.75, 3.05) is 19.7 Å². The van der Waals surface area contributed by atoms with E-state index in [0.717, 1.165) is 12.8 Å². The van der Waals surface area contributed by atoms with Crippen LogP contribution in [0, 0.1) is 11.8 Å². The first-order chi connectivity index (χ1) is 10.3. The molecule has 0 bridgehead atoms. The molecule has 1 fully saturated rings. The number of hydrogen-bond acceptors (Lipinski definition) is 3. The van der Waals surface area contributed by atoms with Crippen LogP contribution in [-0.2, 0) is 4.74 Å². The van der Waals surface area contributed by atoms with Gasteiger partial charge in [-0.25, -0.2) is 0 Å². The minimum absolute atomic E-state index is 0.119. The van der Waals surface area contributed by atoms with Crippen molar-refractivity contribution in [3.63, 3.8) is 0 Å². The molecule has 4 nitrogen and oxygen atoms in total. The van der Waals surface area contributed by atoms with E-state index in [9.17, 15) is 4.79 Å². The Labute approximate surface area is 126 Å². The lowest BCUT2D eigenvalue weighted by Crippen LogP contribution is -2.29. The monoisotopic (exact) mass is 286 g/mol. The summed E-state index contributed by atoms with van der Waals surface area (Å²) in [7, 11) is 0. The number of carbonyl (C=O) groups is 1. The number of carbonyl (C=O) groups excluding carboxylic acids is 1. The van der Waals surface area contributed by atoms with Crippen molar-refractivity contribution in [3.8, 4) is 11.8 Å². The van der Waals surface area contributed by atoms with Gasteiger partial charge in [-0.15, -0.1) is 0 Å². The van der Waals surface area contributed by atoms with E-state index in [1.165, 1.54) is 12.8 Å². The largest absolute Gasteiger partial charge is 0.376 e. The normalized spacial score (nSPS) is 14.5. The zero-order chi connectivity index (χ0) is 14.9. The molecule has 0 unspecified atom stereocenters. The van der Waals surface area contributed by atoms with Crippen molar-refractivity contribution < 1.29 is 9.53 Å². The number of nitrogens with two attached hydrogens (primary N) is 1. The maximum absolute atomic E-state index is 12.2. The van der Waals surface area contributed by atoms with Crippen molar-refractivity contribution in [1.29, 1.82) is 0 Å². The maximum atomic E-state index is 12.2. The summed E-state index contributed by atoms with van der Waals surface area (Å²) in [4.78, 5) is 12.2. The quantitative estimate of drug-likeness (QED) is 0.639. The molecule has 1 saturated carbocycles. The van der Waals surface area contributed by atoms with E-state index in [4.69, 9.17) is 10.5 Å². The lowest BCUT2D eigenvalue weighted by molar-refractivity contribution is 0.0582. The number of nitrogens with one attached hydrogen (secondary N) is 1. The highest BCUT2D eigenvalue weighted by Gasteiger charge is 2.15. The van der Waals surface area contributed by atoms with Crippen LogP contribution in [0.25, 0.3) is 0 Å². The van der Waals surface area contributed by atoms with Gasteiger partial charge < -0.3 is 15.8 Å². The Morgan fingerprint density at radius 1 is 1.33 bits per heavy atom. The van der Waals surface area contributed by atoms with Crippen molar-refractivity contribution in [1.82, 2.24) is 5.32 Å². The molecule has 0 radical (unpaired) electrons. The Morgan fingerprint density at radius 3 is 2.86 bits per heavy atom. The Bertz CT molecular complexity index is 525. The fourth-order valence-corrected chi connectivity index (χ4v) is 2.48. The zero-order valence-corrected chi connectivity index (χ0v) is 12.2. The average molecular weight is 286 g/mol. The van der Waals surface area contributed by atoms with Crippen LogP contribution in [-0.4, -0.2) is 31.7 Å². The predicted octanol–water partition coefficient (Wildman–Crippen LogP) is 1.69. The molecular weight excluding hydrogens is 264 g/mol. The first-order valence-corrected chi connectivity index (χ1v) is 7.49. The van der Waals surface area contributed by atoms with Gasteiger partial charge in [0.15, 0.2) is 0 Å². The second-order valence-corrected chi connectivity index (χ2v) is 5.08. The maximum Gasteiger partial charge on any atom is 0.252 e. The standard InChI is InChI=1S/C17H22N2O2/c18-11-5-7-14-6-1-4-10-16(14)17(20)19-12-13-21-15-8-2-3-9-15/h1,4,6,10,15H,2-3,8-9,11-13,18H2,(H,19,20). The van der Waals surface area contributed by atoms with Gasteiger partial charge in [0.25, 0.3) is 5.91 Å². The molecule has 4 heteroatoms. The first kappa shape index (κ1) is 15.6. The number of ether oxygens (including phenoxy) is 1. The van der Waals surface area contributed by atoms with Gasteiger partial charge in [0.1, 0.15) is 0 Å². The minimum atomic E-state index is -0.119. The molecule has 0 aliphatic heterocycles. The van der Waals surface area contributed by atoms with Gasteiger partial charge in [-0.05, 0) is 25.0 Å². The molecule has 0 saturated heterocycles. The molecule has 2 rings (SSSR count). The van der Waals surface area contributed by atoms with E-state index >= 15 is 0 Å². The van der Waals surface area contributed by atoms with Crippen LogP contribution < -0.4 is 11.1 Å². The van der Waals surface area contributed by atoms with E-state index in [2.05, 4.69) is 17.2 Å². The number of rotatable bonds is 5. The summed E-state index contributed by atoms with van der Waals surface area (Å²) in [6.07, 6.45) is 5.18. The highest BCUT2D eigenvalue weighted by molar-refractivity contribution is 5.96. The van der Waals surface area contributed by atoms with Crippen LogP contribution in [0.5, 0.6) is 0 Å². The fraction of sp³-hybridized carbons (Fsp3) is 0.471. The van der Waals surface area contributed by atoms with Crippen LogP contribution in [0.1, 0.15) is 41.6 Å². The highest BCUT2D eigenvalue weighted by Crippen LogP contribution is 2.20. The second-order valence-electron chi connectivity index (χ2n) is 5.08. The minimum Gasteiger partial charge on any atom is -0.376 e. The second kappa shape index (κ2) is 8.46. The van der Waals surface area contributed by atoms with E-state index in [1.807, 2.05) is 18.2 Å². The Hall–Kier alpha value is -1.83. The summed E-state index contributed by atoms with van der Waals surface area (Å²) in [5.74, 6) is 5.58. The summed E-state index contributed by atoms with van der Waals surface area (Å²) in [6, 6.07) is 7.29. The lowest BCUT2D eigenvalue weighted by Gasteiger charge is -2.12. The van der Waals surface area contributed by atoms with Crippen LogP contribution in [0.3, 0.4) is 0 Å². The molecule has 1 aromatic rings. The molecule has 0 atom stereocenters. The molecule has 21 heavy (non-hydrogen) atoms. The summed E-state index contributed by atoms with van der Waals surface area (Å²) in [6.45, 7) is 1.37. The SMILES string of the molecule is NCC#Cc1ccccc1C(=O)NCCOC1CCCC1. The average Bonchev–Trinajstić information content (AvgIpc) is 3.03. The zero-order valence-electron chi connectivity index (χ0n) is 12.2. The highest BCUT2D eigenvalue weighted by atomic mass is 16.5. The molecule has 0 spiro atoms. The number of benzene rings is 1. The van der Waals surface area contributed by atoms with E-state index in [1.54, 1.807) is 6.07 Å². The van der Waals surface area contributed by atoms with E-state index in [0.29, 0.717) is 30.4 Å². The molecule has 1 aliphatic carbocycles. The molecule has 0 aromatic heterocycles. The van der Waals surface area contributed by atoms with Crippen LogP contribution >= 0.6 is 0 Å². The van der Waals surface area contributed by atoms with E-state index in [-0.39, 0.29) is 12.5 Å². The molecular formula is C17H22N2O2. The van der Waals surface area contributed by atoms with Crippen LogP contribution in [0.4, 0.5) is 0 Å². The lowest BCUT2D eigenvalue weighted by atomic mass is 10.1. The Morgan fingerprint density at radius 2 is 2.10 bits per heavy atom. The molecule has 1 aromatic carbocycles. The summed E-state index contributed by atoms with van der Waals surface area (Å²) >= 11 is 0. The molecule has 3 N–H and O–H groups in total. The first-order valence-electron chi connectivity index (χ1n) is 7.49. The van der Waals surface area contributed by atoms with Gasteiger partial charge in [0.2, 0.25) is 0 Å². The van der Waals surface area contributed by atoms with Gasteiger partial charge >= 0.3 is 0 Å². The van der Waals surface area contributed by atoms with Gasteiger partial charge in [-0.1, -0.05) is 36.8 Å². The third-order valence-corrected chi connectivity index (χ3v) is 3.54.